The number of aromatic nitrogens is 4. The minimum atomic E-state index is -0.656. The van der Waals surface area contributed by atoms with E-state index in [0.29, 0.717) is 43.5 Å². The maximum atomic E-state index is 14.6. The van der Waals surface area contributed by atoms with Gasteiger partial charge < -0.3 is 35.3 Å². The summed E-state index contributed by atoms with van der Waals surface area (Å²) in [5.74, 6) is 0.799. The van der Waals surface area contributed by atoms with E-state index in [4.69, 9.17) is 9.97 Å². The summed E-state index contributed by atoms with van der Waals surface area (Å²) in [6.45, 7) is 13.7. The van der Waals surface area contributed by atoms with Crippen molar-refractivity contribution in [3.05, 3.63) is 95.1 Å². The number of nitrogens with zero attached hydrogens (tertiary/aromatic N) is 6. The van der Waals surface area contributed by atoms with Crippen LogP contribution in [0.5, 0.6) is 0 Å². The zero-order valence-electron chi connectivity index (χ0n) is 38.5. The lowest BCUT2D eigenvalue weighted by molar-refractivity contribution is -0.139. The Labute approximate surface area is 375 Å². The highest BCUT2D eigenvalue weighted by Crippen LogP contribution is 2.29. The molecule has 2 aliphatic rings. The molecule has 4 unspecified atom stereocenters. The molecule has 15 heteroatoms. The number of nitrogens with one attached hydrogen (secondary N) is 4. The van der Waals surface area contributed by atoms with Gasteiger partial charge in [-0.2, -0.15) is 0 Å². The number of rotatable bonds is 19. The number of halogens is 2. The van der Waals surface area contributed by atoms with Gasteiger partial charge in [0.15, 0.2) is 0 Å². The Morgan fingerprint density at radius 2 is 1.27 bits per heavy atom. The summed E-state index contributed by atoms with van der Waals surface area (Å²) in [5, 5.41) is 12.1. The summed E-state index contributed by atoms with van der Waals surface area (Å²) >= 11 is 0. The number of likely N-dealkylation sites (tertiary alicyclic amines) is 2. The molecule has 2 aliphatic heterocycles. The van der Waals surface area contributed by atoms with Crippen LogP contribution in [0.2, 0.25) is 0 Å². The number of carbonyl (C=O) groups excluding carboxylic acids is 3. The summed E-state index contributed by atoms with van der Waals surface area (Å²) < 4.78 is 33.5. The van der Waals surface area contributed by atoms with Crippen molar-refractivity contribution in [1.82, 2.24) is 50.2 Å². The van der Waals surface area contributed by atoms with Crippen LogP contribution >= 0.6 is 0 Å². The second-order valence-electron chi connectivity index (χ2n) is 18.5. The highest BCUT2D eigenvalue weighted by Gasteiger charge is 2.37. The van der Waals surface area contributed by atoms with E-state index in [9.17, 15) is 23.2 Å². The molecule has 2 saturated heterocycles. The van der Waals surface area contributed by atoms with Gasteiger partial charge >= 0.3 is 0 Å². The number of amides is 3. The first-order chi connectivity index (χ1) is 30.7. The highest BCUT2D eigenvalue weighted by atomic mass is 19.1. The second-order valence-corrected chi connectivity index (χ2v) is 18.5. The zero-order valence-corrected chi connectivity index (χ0v) is 38.5. The van der Waals surface area contributed by atoms with Crippen LogP contribution in [0.25, 0.3) is 22.1 Å². The van der Waals surface area contributed by atoms with E-state index >= 15 is 0 Å². The quantitative estimate of drug-likeness (QED) is 0.0864. The lowest BCUT2D eigenvalue weighted by atomic mass is 10.0. The number of carbonyl (C=O) groups is 3. The predicted octanol–water partition coefficient (Wildman–Crippen LogP) is 5.41. The first-order valence-electron chi connectivity index (χ1n) is 23.1. The molecule has 0 aliphatic carbocycles. The Morgan fingerprint density at radius 3 is 1.80 bits per heavy atom. The zero-order chi connectivity index (χ0) is 45.7. The molecule has 344 valence electrons. The van der Waals surface area contributed by atoms with Crippen molar-refractivity contribution >= 4 is 39.8 Å². The summed E-state index contributed by atoms with van der Waals surface area (Å²) in [4.78, 5) is 53.8. The Bertz CT molecular complexity index is 2410. The van der Waals surface area contributed by atoms with Gasteiger partial charge in [-0.3, -0.25) is 19.3 Å². The Kier molecular flexibility index (Phi) is 15.1. The van der Waals surface area contributed by atoms with Crippen molar-refractivity contribution in [3.8, 4) is 0 Å². The van der Waals surface area contributed by atoms with E-state index in [1.54, 1.807) is 27.1 Å². The summed E-state index contributed by atoms with van der Waals surface area (Å²) in [6.07, 6.45) is 4.77. The van der Waals surface area contributed by atoms with Gasteiger partial charge in [0.05, 0.1) is 34.7 Å². The van der Waals surface area contributed by atoms with Gasteiger partial charge in [-0.05, 0) is 100 Å². The summed E-state index contributed by atoms with van der Waals surface area (Å²) in [7, 11) is 3.49. The van der Waals surface area contributed by atoms with Crippen molar-refractivity contribution in [2.24, 2.45) is 11.8 Å². The molecule has 5 atom stereocenters. The van der Waals surface area contributed by atoms with E-state index in [0.717, 1.165) is 72.6 Å². The molecule has 4 heterocycles. The van der Waals surface area contributed by atoms with Crippen molar-refractivity contribution in [1.29, 1.82) is 0 Å². The molecule has 0 bridgehead atoms. The van der Waals surface area contributed by atoms with Crippen LogP contribution in [0.3, 0.4) is 0 Å². The Morgan fingerprint density at radius 1 is 0.719 bits per heavy atom. The standard InChI is InChI=1S/C49H66F2N10O3/c1-30(2)41(56-46(62)26-52-6)29-58-20-8-10-37(58)27-60-42-18-16-35(50)24-39(42)54-44(60)22-33-12-14-34(15-13-33)23-45-55-40-25-36(51)17-19-43(40)61(45)28-38-11-9-21-59(38)49(64)47(31(3)4)57-48(63)32(5)53-7/h12-19,24-25,30-32,37-38,41,47,52-53H,8-11,20-23,26-29H2,1-7H3,(H,56,62)(H,57,63)/t32-,37?,38?,41?,47?/m1/s1. The Balaban J connectivity index is 1.09. The molecule has 2 fully saturated rings. The van der Waals surface area contributed by atoms with Gasteiger partial charge in [-0.25, -0.2) is 18.7 Å². The van der Waals surface area contributed by atoms with Crippen LogP contribution in [-0.2, 0) is 40.3 Å². The monoisotopic (exact) mass is 881 g/mol. The molecule has 0 radical (unpaired) electrons. The van der Waals surface area contributed by atoms with E-state index in [2.05, 4.69) is 73.4 Å². The first kappa shape index (κ1) is 46.7. The van der Waals surface area contributed by atoms with Gasteiger partial charge in [0.1, 0.15) is 29.3 Å². The number of likely N-dealkylation sites (N-methyl/N-ethyl adjacent to an activating group) is 2. The fourth-order valence-electron chi connectivity index (χ4n) is 9.40. The van der Waals surface area contributed by atoms with Crippen LogP contribution in [-0.4, -0.2) is 117 Å². The molecular weight excluding hydrogens is 815 g/mol. The maximum Gasteiger partial charge on any atom is 0.245 e. The fourth-order valence-corrected chi connectivity index (χ4v) is 9.40. The van der Waals surface area contributed by atoms with E-state index in [1.807, 2.05) is 24.8 Å². The topological polar surface area (TPSA) is 141 Å². The van der Waals surface area contributed by atoms with E-state index < -0.39 is 12.1 Å². The molecular formula is C49H66F2N10O3. The first-order valence-corrected chi connectivity index (χ1v) is 23.1. The lowest BCUT2D eigenvalue weighted by Gasteiger charge is -2.32. The third kappa shape index (κ3) is 10.8. The van der Waals surface area contributed by atoms with Crippen molar-refractivity contribution in [2.75, 3.05) is 40.3 Å². The predicted molar refractivity (Wildman–Crippen MR) is 247 cm³/mol. The smallest absolute Gasteiger partial charge is 0.245 e. The van der Waals surface area contributed by atoms with Crippen LogP contribution < -0.4 is 21.3 Å². The third-order valence-electron chi connectivity index (χ3n) is 13.2. The van der Waals surface area contributed by atoms with Crippen LogP contribution in [0.4, 0.5) is 8.78 Å². The second kappa shape index (κ2) is 20.7. The van der Waals surface area contributed by atoms with Crippen molar-refractivity contribution in [3.63, 3.8) is 0 Å². The molecule has 0 saturated carbocycles. The number of benzene rings is 3. The number of imidazole rings is 2. The number of fused-ring (bicyclic) bond motifs is 2. The van der Waals surface area contributed by atoms with E-state index in [-0.39, 0.29) is 65.9 Å². The van der Waals surface area contributed by atoms with Crippen molar-refractivity contribution < 1.29 is 23.2 Å². The molecule has 3 amide bonds. The van der Waals surface area contributed by atoms with Gasteiger partial charge in [0.25, 0.3) is 0 Å². The molecule has 4 N–H and O–H groups in total. The summed E-state index contributed by atoms with van der Waals surface area (Å²) in [6, 6.07) is 16.9. The van der Waals surface area contributed by atoms with Gasteiger partial charge in [-0.15, -0.1) is 0 Å². The van der Waals surface area contributed by atoms with Gasteiger partial charge in [0.2, 0.25) is 17.7 Å². The van der Waals surface area contributed by atoms with Gasteiger partial charge in [-0.1, -0.05) is 52.0 Å². The van der Waals surface area contributed by atoms with Crippen molar-refractivity contribution in [2.45, 2.75) is 116 Å². The molecule has 0 spiro atoms. The fraction of sp³-hybridized carbons (Fsp3) is 0.531. The average molecular weight is 881 g/mol. The minimum absolute atomic E-state index is 0.00905. The van der Waals surface area contributed by atoms with Gasteiger partial charge in [0, 0.05) is 69.3 Å². The lowest BCUT2D eigenvalue weighted by Crippen LogP contribution is -2.55. The average Bonchev–Trinajstić information content (AvgIpc) is 4.06. The Hall–Kier alpha value is -5.25. The van der Waals surface area contributed by atoms with Crippen LogP contribution in [0, 0.1) is 23.5 Å². The normalized spacial score (nSPS) is 18.4. The molecule has 3 aromatic carbocycles. The molecule has 2 aromatic heterocycles. The third-order valence-corrected chi connectivity index (χ3v) is 13.2. The SMILES string of the molecule is CNCC(=O)NC(CN1CCCC1Cn1c(Cc2ccc(Cc3nc4cc(F)ccc4n3CC3CCCN3C(=O)C(NC(=O)[C@@H](C)NC)C(C)C)cc2)nc2cc(F)ccc21)C(C)C. The molecule has 64 heavy (non-hydrogen) atoms. The molecule has 5 aromatic rings. The number of hydrogen-bond acceptors (Lipinski definition) is 8. The summed E-state index contributed by atoms with van der Waals surface area (Å²) in [5.41, 5.74) is 4.97. The molecule has 7 rings (SSSR count). The van der Waals surface area contributed by atoms with Crippen LogP contribution in [0.1, 0.15) is 83.1 Å². The maximum absolute atomic E-state index is 14.6. The molecule has 13 nitrogen and oxygen atoms in total. The largest absolute Gasteiger partial charge is 0.351 e. The highest BCUT2D eigenvalue weighted by molar-refractivity contribution is 5.90. The van der Waals surface area contributed by atoms with Crippen LogP contribution in [0.15, 0.2) is 60.7 Å². The number of hydrogen-bond donors (Lipinski definition) is 4. The van der Waals surface area contributed by atoms with E-state index in [1.165, 1.54) is 24.3 Å². The minimum Gasteiger partial charge on any atom is -0.351 e.